The Hall–Kier alpha value is -1.37. The molecule has 0 saturated heterocycles. The number of alkyl halides is 3. The number of nitrogens with two attached hydrogens (primary N) is 1. The van der Waals surface area contributed by atoms with Gasteiger partial charge < -0.3 is 11.1 Å². The highest BCUT2D eigenvalue weighted by Crippen LogP contribution is 2.35. The number of anilines is 2. The number of nitrogens with one attached hydrogen (secondary N) is 1. The summed E-state index contributed by atoms with van der Waals surface area (Å²) in [7, 11) is 0. The number of hydrogen-bond donors (Lipinski definition) is 2. The Kier molecular flexibility index (Phi) is 6.39. The number of rotatable bonds is 6. The molecule has 1 amide bonds. The quantitative estimate of drug-likeness (QED) is 0.615. The topological polar surface area (TPSA) is 55.1 Å². The maximum absolute atomic E-state index is 12.7. The van der Waals surface area contributed by atoms with Crippen LogP contribution < -0.4 is 11.1 Å². The first-order valence-corrected chi connectivity index (χ1v) is 7.70. The van der Waals surface area contributed by atoms with Crippen molar-refractivity contribution in [2.75, 3.05) is 22.6 Å². The van der Waals surface area contributed by atoms with Gasteiger partial charge in [0.05, 0.1) is 11.3 Å². The molecule has 1 aromatic rings. The molecule has 0 bridgehead atoms. The summed E-state index contributed by atoms with van der Waals surface area (Å²) in [5.74, 6) is 1.31. The first-order valence-electron chi connectivity index (χ1n) is 6.54. The number of hydrogen-bond acceptors (Lipinski definition) is 3. The highest BCUT2D eigenvalue weighted by molar-refractivity contribution is 7.99. The average Bonchev–Trinajstić information content (AvgIpc) is 2.35. The molecule has 3 nitrogen and oxygen atoms in total. The fraction of sp³-hybridized carbons (Fsp3) is 0.500. The molecule has 1 rings (SSSR count). The number of benzene rings is 1. The molecule has 1 aromatic carbocycles. The van der Waals surface area contributed by atoms with Gasteiger partial charge in [-0.1, -0.05) is 13.8 Å². The van der Waals surface area contributed by atoms with Gasteiger partial charge in [0, 0.05) is 11.4 Å². The number of nitrogen functional groups attached to an aromatic ring is 1. The smallest absolute Gasteiger partial charge is 0.398 e. The van der Waals surface area contributed by atoms with Crippen molar-refractivity contribution in [2.24, 2.45) is 5.92 Å². The molecule has 0 heterocycles. The van der Waals surface area contributed by atoms with Crippen molar-refractivity contribution in [3.63, 3.8) is 0 Å². The first-order chi connectivity index (χ1) is 9.70. The zero-order chi connectivity index (χ0) is 16.0. The van der Waals surface area contributed by atoms with Crippen molar-refractivity contribution in [1.82, 2.24) is 0 Å². The highest BCUT2D eigenvalue weighted by Gasteiger charge is 2.33. The van der Waals surface area contributed by atoms with Crippen molar-refractivity contribution in [3.05, 3.63) is 23.8 Å². The minimum absolute atomic E-state index is 0.103. The van der Waals surface area contributed by atoms with Gasteiger partial charge in [-0.2, -0.15) is 24.9 Å². The van der Waals surface area contributed by atoms with E-state index in [-0.39, 0.29) is 23.0 Å². The molecule has 0 radical (unpaired) electrons. The summed E-state index contributed by atoms with van der Waals surface area (Å²) in [4.78, 5) is 11.7. The van der Waals surface area contributed by atoms with E-state index in [1.54, 1.807) is 0 Å². The van der Waals surface area contributed by atoms with E-state index in [4.69, 9.17) is 5.73 Å². The van der Waals surface area contributed by atoms with Crippen LogP contribution in [0.15, 0.2) is 18.2 Å². The van der Waals surface area contributed by atoms with Gasteiger partial charge in [0.15, 0.2) is 0 Å². The molecule has 0 saturated carbocycles. The zero-order valence-corrected chi connectivity index (χ0v) is 12.8. The number of carbonyl (C=O) groups excluding carboxylic acids is 1. The van der Waals surface area contributed by atoms with Gasteiger partial charge >= 0.3 is 6.18 Å². The van der Waals surface area contributed by atoms with Crippen molar-refractivity contribution < 1.29 is 18.0 Å². The molecule has 0 spiro atoms. The molecule has 0 aliphatic rings. The second-order valence-electron chi connectivity index (χ2n) is 5.08. The molecule has 118 valence electrons. The van der Waals surface area contributed by atoms with Crippen LogP contribution in [0.3, 0.4) is 0 Å². The van der Waals surface area contributed by atoms with E-state index in [2.05, 4.69) is 19.2 Å². The SMILES string of the molecule is CC(C)CCSCC(=O)Nc1ccc(N)c(C(F)(F)F)c1. The van der Waals surface area contributed by atoms with E-state index in [0.717, 1.165) is 24.3 Å². The van der Waals surface area contributed by atoms with Gasteiger partial charge in [0.25, 0.3) is 0 Å². The lowest BCUT2D eigenvalue weighted by atomic mass is 10.1. The number of halogens is 3. The minimum atomic E-state index is -4.53. The molecule has 0 aliphatic carbocycles. The third kappa shape index (κ3) is 6.29. The Balaban J connectivity index is 2.57. The molecule has 0 aliphatic heterocycles. The molecule has 0 aromatic heterocycles. The molecule has 0 unspecified atom stereocenters. The number of amides is 1. The lowest BCUT2D eigenvalue weighted by Gasteiger charge is -2.12. The monoisotopic (exact) mass is 320 g/mol. The maximum Gasteiger partial charge on any atom is 0.418 e. The van der Waals surface area contributed by atoms with Gasteiger partial charge in [-0.25, -0.2) is 0 Å². The van der Waals surface area contributed by atoms with Crippen molar-refractivity contribution in [1.29, 1.82) is 0 Å². The summed E-state index contributed by atoms with van der Waals surface area (Å²) in [5, 5.41) is 2.45. The molecular weight excluding hydrogens is 301 g/mol. The Morgan fingerprint density at radius 3 is 2.62 bits per heavy atom. The van der Waals surface area contributed by atoms with Gasteiger partial charge in [-0.05, 0) is 36.3 Å². The Bertz CT molecular complexity index is 490. The molecular formula is C14H19F3N2OS. The van der Waals surface area contributed by atoms with Crippen LogP contribution in [0, 0.1) is 5.92 Å². The average molecular weight is 320 g/mol. The normalized spacial score (nSPS) is 11.7. The van der Waals surface area contributed by atoms with Crippen molar-refractivity contribution in [2.45, 2.75) is 26.4 Å². The Morgan fingerprint density at radius 1 is 1.38 bits per heavy atom. The van der Waals surface area contributed by atoms with Crippen LogP contribution in [-0.4, -0.2) is 17.4 Å². The van der Waals surface area contributed by atoms with E-state index in [0.29, 0.717) is 5.92 Å². The van der Waals surface area contributed by atoms with E-state index < -0.39 is 11.7 Å². The fourth-order valence-electron chi connectivity index (χ4n) is 1.56. The second kappa shape index (κ2) is 7.59. The van der Waals surface area contributed by atoms with Gasteiger partial charge in [-0.3, -0.25) is 4.79 Å². The summed E-state index contributed by atoms with van der Waals surface area (Å²) in [5.41, 5.74) is 4.11. The molecule has 7 heteroatoms. The van der Waals surface area contributed by atoms with Crippen LogP contribution in [0.4, 0.5) is 24.5 Å². The predicted octanol–water partition coefficient (Wildman–Crippen LogP) is 4.01. The van der Waals surface area contributed by atoms with Gasteiger partial charge in [0.1, 0.15) is 0 Å². The van der Waals surface area contributed by atoms with Gasteiger partial charge in [0.2, 0.25) is 5.91 Å². The van der Waals surface area contributed by atoms with Crippen LogP contribution in [0.2, 0.25) is 0 Å². The predicted molar refractivity (Wildman–Crippen MR) is 81.3 cm³/mol. The third-order valence-electron chi connectivity index (χ3n) is 2.72. The van der Waals surface area contributed by atoms with Crippen molar-refractivity contribution in [3.8, 4) is 0 Å². The number of carbonyl (C=O) groups is 1. The largest absolute Gasteiger partial charge is 0.418 e. The van der Waals surface area contributed by atoms with E-state index in [1.807, 2.05) is 0 Å². The van der Waals surface area contributed by atoms with E-state index in [1.165, 1.54) is 17.8 Å². The van der Waals surface area contributed by atoms with E-state index >= 15 is 0 Å². The highest BCUT2D eigenvalue weighted by atomic mass is 32.2. The summed E-state index contributed by atoms with van der Waals surface area (Å²) < 4.78 is 38.1. The van der Waals surface area contributed by atoms with Crippen LogP contribution in [0.25, 0.3) is 0 Å². The third-order valence-corrected chi connectivity index (χ3v) is 3.71. The number of thioether (sulfide) groups is 1. The molecule has 3 N–H and O–H groups in total. The molecule has 21 heavy (non-hydrogen) atoms. The van der Waals surface area contributed by atoms with E-state index in [9.17, 15) is 18.0 Å². The standard InChI is InChI=1S/C14H19F3N2OS/c1-9(2)5-6-21-8-13(20)19-10-3-4-12(18)11(7-10)14(15,16)17/h3-4,7,9H,5-6,8,18H2,1-2H3,(H,19,20). The lowest BCUT2D eigenvalue weighted by molar-refractivity contribution is -0.136. The van der Waals surface area contributed by atoms with Crippen LogP contribution in [-0.2, 0) is 11.0 Å². The minimum Gasteiger partial charge on any atom is -0.398 e. The van der Waals surface area contributed by atoms with Crippen LogP contribution in [0.5, 0.6) is 0 Å². The van der Waals surface area contributed by atoms with Gasteiger partial charge in [-0.15, -0.1) is 0 Å². The molecule has 0 fully saturated rings. The summed E-state index contributed by atoms with van der Waals surface area (Å²) in [6.45, 7) is 4.18. The Labute approximate surface area is 126 Å². The first kappa shape index (κ1) is 17.7. The lowest BCUT2D eigenvalue weighted by Crippen LogP contribution is -2.16. The summed E-state index contributed by atoms with van der Waals surface area (Å²) >= 11 is 1.46. The maximum atomic E-state index is 12.7. The van der Waals surface area contributed by atoms with Crippen molar-refractivity contribution >= 4 is 29.0 Å². The van der Waals surface area contributed by atoms with Crippen LogP contribution >= 0.6 is 11.8 Å². The fourth-order valence-corrected chi connectivity index (χ4v) is 2.60. The molecule has 0 atom stereocenters. The summed E-state index contributed by atoms with van der Waals surface area (Å²) in [6.07, 6.45) is -3.53. The summed E-state index contributed by atoms with van der Waals surface area (Å²) in [6, 6.07) is 3.36. The Morgan fingerprint density at radius 2 is 2.05 bits per heavy atom. The van der Waals surface area contributed by atoms with Crippen LogP contribution in [0.1, 0.15) is 25.8 Å². The zero-order valence-electron chi connectivity index (χ0n) is 12.0. The second-order valence-corrected chi connectivity index (χ2v) is 6.19.